The molecule has 0 spiro atoms. The van der Waals surface area contributed by atoms with Crippen molar-refractivity contribution in [1.29, 1.82) is 0 Å². The molecule has 0 unspecified atom stereocenters. The van der Waals surface area contributed by atoms with Crippen LogP contribution in [0.15, 0.2) is 48.5 Å². The summed E-state index contributed by atoms with van der Waals surface area (Å²) >= 11 is 0. The number of hydrogen-bond donors (Lipinski definition) is 1. The van der Waals surface area contributed by atoms with Gasteiger partial charge in [0.2, 0.25) is 5.91 Å². The number of benzene rings is 2. The minimum Gasteiger partial charge on any atom is -0.497 e. The summed E-state index contributed by atoms with van der Waals surface area (Å²) in [5.41, 5.74) is 2.50. The average Bonchev–Trinajstić information content (AvgIpc) is 2.96. The van der Waals surface area contributed by atoms with Crippen molar-refractivity contribution in [3.8, 4) is 5.75 Å². The molecule has 1 aliphatic carbocycles. The summed E-state index contributed by atoms with van der Waals surface area (Å²) in [5.74, 6) is 1.21. The van der Waals surface area contributed by atoms with Crippen molar-refractivity contribution in [2.75, 3.05) is 33.3 Å². The zero-order valence-corrected chi connectivity index (χ0v) is 23.0. The van der Waals surface area contributed by atoms with Crippen LogP contribution in [-0.2, 0) is 4.79 Å². The molecule has 2 atom stereocenters. The first-order chi connectivity index (χ1) is 18.6. The second-order valence-corrected chi connectivity index (χ2v) is 11.5. The van der Waals surface area contributed by atoms with Gasteiger partial charge in [-0.25, -0.2) is 0 Å². The number of nitrogens with zero attached hydrogens (tertiary/aromatic N) is 2. The summed E-state index contributed by atoms with van der Waals surface area (Å²) in [7, 11) is 1.66. The Labute approximate surface area is 227 Å². The van der Waals surface area contributed by atoms with Gasteiger partial charge in [-0.05, 0) is 87.0 Å². The van der Waals surface area contributed by atoms with Crippen LogP contribution in [0.3, 0.4) is 0 Å². The standard InChI is InChI=1S/C32H43N3O3/c1-23-17-21-34(22-18-23)20-8-19-33-31(36)29-27-11-6-7-12-28(27)32(37)35(25-9-4-3-5-10-25)30(29)24-13-15-26(38-2)16-14-24/h6-7,11-16,23,25,29-30H,3-5,8-10,17-22H2,1-2H3,(H,33,36)/t29-,30+/m0/s1. The van der Waals surface area contributed by atoms with Crippen molar-refractivity contribution in [3.05, 3.63) is 65.2 Å². The van der Waals surface area contributed by atoms with Gasteiger partial charge in [0.15, 0.2) is 0 Å². The van der Waals surface area contributed by atoms with E-state index in [0.717, 1.165) is 74.5 Å². The Morgan fingerprint density at radius 3 is 2.39 bits per heavy atom. The fraction of sp³-hybridized carbons (Fsp3) is 0.562. The average molecular weight is 518 g/mol. The highest BCUT2D eigenvalue weighted by molar-refractivity contribution is 6.01. The van der Waals surface area contributed by atoms with E-state index in [-0.39, 0.29) is 23.9 Å². The van der Waals surface area contributed by atoms with Crippen molar-refractivity contribution >= 4 is 11.8 Å². The highest BCUT2D eigenvalue weighted by atomic mass is 16.5. The summed E-state index contributed by atoms with van der Waals surface area (Å²) in [6.07, 6.45) is 8.90. The van der Waals surface area contributed by atoms with Crippen LogP contribution < -0.4 is 10.1 Å². The second kappa shape index (κ2) is 12.3. The van der Waals surface area contributed by atoms with Crippen LogP contribution in [0.5, 0.6) is 5.75 Å². The van der Waals surface area contributed by atoms with E-state index in [2.05, 4.69) is 22.0 Å². The van der Waals surface area contributed by atoms with Gasteiger partial charge in [0, 0.05) is 18.2 Å². The first kappa shape index (κ1) is 26.7. The predicted molar refractivity (Wildman–Crippen MR) is 150 cm³/mol. The SMILES string of the molecule is COc1ccc([C@@H]2[C@@H](C(=O)NCCCN3CCC(C)CC3)c3ccccc3C(=O)N2C2CCCCC2)cc1. The quantitative estimate of drug-likeness (QED) is 0.467. The number of likely N-dealkylation sites (tertiary alicyclic amines) is 1. The first-order valence-electron chi connectivity index (χ1n) is 14.6. The summed E-state index contributed by atoms with van der Waals surface area (Å²) < 4.78 is 5.41. The topological polar surface area (TPSA) is 61.9 Å². The van der Waals surface area contributed by atoms with E-state index in [4.69, 9.17) is 4.74 Å². The molecule has 204 valence electrons. The molecule has 2 aliphatic heterocycles. The molecule has 1 N–H and O–H groups in total. The Balaban J connectivity index is 1.41. The van der Waals surface area contributed by atoms with E-state index in [1.165, 1.54) is 19.3 Å². The third kappa shape index (κ3) is 5.75. The number of amides is 2. The van der Waals surface area contributed by atoms with E-state index >= 15 is 0 Å². The lowest BCUT2D eigenvalue weighted by molar-refractivity contribution is -0.124. The minimum absolute atomic E-state index is 0.0128. The van der Waals surface area contributed by atoms with Crippen LogP contribution in [0, 0.1) is 5.92 Å². The summed E-state index contributed by atoms with van der Waals surface area (Å²) in [6, 6.07) is 15.5. The number of piperidine rings is 1. The van der Waals surface area contributed by atoms with E-state index in [9.17, 15) is 9.59 Å². The molecule has 0 aromatic heterocycles. The zero-order chi connectivity index (χ0) is 26.5. The third-order valence-electron chi connectivity index (χ3n) is 8.91. The number of carbonyl (C=O) groups is 2. The molecule has 0 bridgehead atoms. The van der Waals surface area contributed by atoms with Gasteiger partial charge >= 0.3 is 0 Å². The third-order valence-corrected chi connectivity index (χ3v) is 8.91. The van der Waals surface area contributed by atoms with Crippen LogP contribution in [0.25, 0.3) is 0 Å². The van der Waals surface area contributed by atoms with Crippen LogP contribution in [-0.4, -0.2) is 60.9 Å². The van der Waals surface area contributed by atoms with Gasteiger partial charge in [-0.3, -0.25) is 9.59 Å². The maximum absolute atomic E-state index is 14.0. The van der Waals surface area contributed by atoms with Gasteiger partial charge in [-0.1, -0.05) is 56.5 Å². The summed E-state index contributed by atoms with van der Waals surface area (Å²) in [4.78, 5) is 32.6. The normalized spacial score (nSPS) is 23.2. The smallest absolute Gasteiger partial charge is 0.254 e. The molecule has 1 saturated heterocycles. The lowest BCUT2D eigenvalue weighted by Crippen LogP contribution is -2.52. The van der Waals surface area contributed by atoms with Crippen molar-refractivity contribution < 1.29 is 14.3 Å². The van der Waals surface area contributed by atoms with E-state index < -0.39 is 5.92 Å². The predicted octanol–water partition coefficient (Wildman–Crippen LogP) is 5.55. The van der Waals surface area contributed by atoms with Gasteiger partial charge in [0.05, 0.1) is 19.1 Å². The van der Waals surface area contributed by atoms with Gasteiger partial charge in [0.25, 0.3) is 5.91 Å². The Morgan fingerprint density at radius 1 is 0.974 bits per heavy atom. The number of methoxy groups -OCH3 is 1. The molecule has 6 heteroatoms. The van der Waals surface area contributed by atoms with Crippen LogP contribution >= 0.6 is 0 Å². The Bertz CT molecular complexity index is 1090. The van der Waals surface area contributed by atoms with Gasteiger partial charge in [-0.2, -0.15) is 0 Å². The lowest BCUT2D eigenvalue weighted by Gasteiger charge is -2.46. The van der Waals surface area contributed by atoms with Crippen LogP contribution in [0.1, 0.15) is 91.7 Å². The Kier molecular flexibility index (Phi) is 8.68. The van der Waals surface area contributed by atoms with Crippen molar-refractivity contribution in [2.24, 2.45) is 5.92 Å². The van der Waals surface area contributed by atoms with Gasteiger partial charge in [0.1, 0.15) is 5.75 Å². The molecule has 5 rings (SSSR count). The maximum atomic E-state index is 14.0. The van der Waals surface area contributed by atoms with E-state index in [1.807, 2.05) is 48.5 Å². The fourth-order valence-corrected chi connectivity index (χ4v) is 6.66. The molecule has 2 aromatic carbocycles. The monoisotopic (exact) mass is 517 g/mol. The summed E-state index contributed by atoms with van der Waals surface area (Å²) in [6.45, 7) is 6.31. The molecule has 2 heterocycles. The second-order valence-electron chi connectivity index (χ2n) is 11.5. The molecule has 38 heavy (non-hydrogen) atoms. The highest BCUT2D eigenvalue weighted by Gasteiger charge is 2.46. The molecule has 2 fully saturated rings. The molecule has 3 aliphatic rings. The summed E-state index contributed by atoms with van der Waals surface area (Å²) in [5, 5.41) is 3.27. The maximum Gasteiger partial charge on any atom is 0.254 e. The van der Waals surface area contributed by atoms with Crippen LogP contribution in [0.4, 0.5) is 0 Å². The van der Waals surface area contributed by atoms with Crippen molar-refractivity contribution in [2.45, 2.75) is 76.3 Å². The molecule has 2 amide bonds. The number of ether oxygens (including phenoxy) is 1. The number of carbonyl (C=O) groups excluding carboxylic acids is 2. The molecule has 6 nitrogen and oxygen atoms in total. The Morgan fingerprint density at radius 2 is 1.68 bits per heavy atom. The molecule has 2 aromatic rings. The Hall–Kier alpha value is -2.86. The van der Waals surface area contributed by atoms with Crippen LogP contribution in [0.2, 0.25) is 0 Å². The fourth-order valence-electron chi connectivity index (χ4n) is 6.66. The molecule has 0 radical (unpaired) electrons. The first-order valence-corrected chi connectivity index (χ1v) is 14.6. The van der Waals surface area contributed by atoms with E-state index in [1.54, 1.807) is 7.11 Å². The molecular weight excluding hydrogens is 474 g/mol. The van der Waals surface area contributed by atoms with Gasteiger partial charge in [-0.15, -0.1) is 0 Å². The van der Waals surface area contributed by atoms with Gasteiger partial charge < -0.3 is 19.9 Å². The zero-order valence-electron chi connectivity index (χ0n) is 23.0. The number of rotatable bonds is 8. The minimum atomic E-state index is -0.449. The largest absolute Gasteiger partial charge is 0.497 e. The number of fused-ring (bicyclic) bond motifs is 1. The highest BCUT2D eigenvalue weighted by Crippen LogP contribution is 2.46. The van der Waals surface area contributed by atoms with E-state index in [0.29, 0.717) is 12.1 Å². The number of nitrogens with one attached hydrogen (secondary N) is 1. The molecular formula is C32H43N3O3. The lowest BCUT2D eigenvalue weighted by atomic mass is 9.77. The van der Waals surface area contributed by atoms with Crippen molar-refractivity contribution in [3.63, 3.8) is 0 Å². The van der Waals surface area contributed by atoms with Crippen molar-refractivity contribution in [1.82, 2.24) is 15.1 Å². The number of hydrogen-bond acceptors (Lipinski definition) is 4. The molecule has 1 saturated carbocycles.